The number of benzene rings is 1. The van der Waals surface area contributed by atoms with E-state index in [0.29, 0.717) is 27.8 Å². The number of carbonyl (C=O) groups is 1. The van der Waals surface area contributed by atoms with Crippen LogP contribution in [0, 0.1) is 0 Å². The molecule has 1 amide bonds. The Kier molecular flexibility index (Phi) is 3.43. The molecule has 3 aromatic rings. The third-order valence-electron chi connectivity index (χ3n) is 4.20. The minimum atomic E-state index is -4.03. The molecule has 0 unspecified atom stereocenters. The van der Waals surface area contributed by atoms with E-state index in [2.05, 4.69) is 10.3 Å². The molecule has 1 aliphatic heterocycles. The second-order valence-corrected chi connectivity index (χ2v) is 7.52. The summed E-state index contributed by atoms with van der Waals surface area (Å²) in [4.78, 5) is 26.6. The van der Waals surface area contributed by atoms with Gasteiger partial charge in [-0.05, 0) is 18.2 Å². The number of carbonyl (C=O) groups excluding carboxylic acids is 1. The molecule has 0 bridgehead atoms. The zero-order chi connectivity index (χ0) is 18.6. The summed E-state index contributed by atoms with van der Waals surface area (Å²) in [6.07, 6.45) is 3.20. The Morgan fingerprint density at radius 3 is 2.73 bits per heavy atom. The standard InChI is InChI=1S/C16H14N4O5S/c1-20-6-11(9-2-3-18-14(9)16(20)22)10-4-8(26(17,23)24)5-12-15(10)25-7-13(21)19-12/h2-6,18H,7H2,1H3,(H,19,21)(H2,17,23,24). The molecule has 0 atom stereocenters. The van der Waals surface area contributed by atoms with E-state index in [1.54, 1.807) is 25.5 Å². The molecule has 0 aliphatic carbocycles. The van der Waals surface area contributed by atoms with Crippen LogP contribution in [0.5, 0.6) is 5.75 Å². The van der Waals surface area contributed by atoms with Crippen LogP contribution in [0.3, 0.4) is 0 Å². The van der Waals surface area contributed by atoms with Crippen LogP contribution in [-0.2, 0) is 21.9 Å². The van der Waals surface area contributed by atoms with E-state index in [0.717, 1.165) is 0 Å². The molecule has 4 rings (SSSR count). The van der Waals surface area contributed by atoms with Gasteiger partial charge >= 0.3 is 0 Å². The summed E-state index contributed by atoms with van der Waals surface area (Å²) in [6, 6.07) is 4.34. The fourth-order valence-electron chi connectivity index (χ4n) is 3.02. The highest BCUT2D eigenvalue weighted by atomic mass is 32.2. The van der Waals surface area contributed by atoms with Gasteiger partial charge in [0.1, 0.15) is 5.52 Å². The zero-order valence-corrected chi connectivity index (χ0v) is 14.4. The van der Waals surface area contributed by atoms with Gasteiger partial charge in [-0.15, -0.1) is 0 Å². The Labute approximate surface area is 147 Å². The van der Waals surface area contributed by atoms with Gasteiger partial charge < -0.3 is 19.6 Å². The van der Waals surface area contributed by atoms with Crippen molar-refractivity contribution in [3.8, 4) is 16.9 Å². The Morgan fingerprint density at radius 2 is 2.00 bits per heavy atom. The first-order valence-electron chi connectivity index (χ1n) is 7.56. The van der Waals surface area contributed by atoms with Crippen molar-refractivity contribution in [2.75, 3.05) is 11.9 Å². The number of pyridine rings is 1. The minimum Gasteiger partial charge on any atom is -0.481 e. The zero-order valence-electron chi connectivity index (χ0n) is 13.6. The van der Waals surface area contributed by atoms with Crippen molar-refractivity contribution in [3.05, 3.63) is 40.9 Å². The van der Waals surface area contributed by atoms with Gasteiger partial charge in [-0.2, -0.15) is 0 Å². The van der Waals surface area contributed by atoms with Crippen LogP contribution < -0.4 is 20.8 Å². The van der Waals surface area contributed by atoms with Crippen LogP contribution in [0.2, 0.25) is 0 Å². The van der Waals surface area contributed by atoms with Crippen LogP contribution in [0.15, 0.2) is 40.3 Å². The van der Waals surface area contributed by atoms with Crippen molar-refractivity contribution < 1.29 is 17.9 Å². The van der Waals surface area contributed by atoms with Crippen LogP contribution in [-0.4, -0.2) is 30.5 Å². The topological polar surface area (TPSA) is 136 Å². The van der Waals surface area contributed by atoms with Gasteiger partial charge in [0, 0.05) is 36.0 Å². The van der Waals surface area contributed by atoms with E-state index in [4.69, 9.17) is 9.88 Å². The lowest BCUT2D eigenvalue weighted by atomic mass is 10.0. The van der Waals surface area contributed by atoms with Crippen molar-refractivity contribution in [2.24, 2.45) is 12.2 Å². The Bertz CT molecular complexity index is 1240. The maximum absolute atomic E-state index is 12.3. The lowest BCUT2D eigenvalue weighted by molar-refractivity contribution is -0.118. The number of amides is 1. The number of H-pyrrole nitrogens is 1. The number of nitrogens with two attached hydrogens (primary N) is 1. The van der Waals surface area contributed by atoms with Crippen molar-refractivity contribution in [3.63, 3.8) is 0 Å². The van der Waals surface area contributed by atoms with E-state index in [-0.39, 0.29) is 22.7 Å². The lowest BCUT2D eigenvalue weighted by Crippen LogP contribution is -2.26. The Hall–Kier alpha value is -3.11. The SMILES string of the molecule is Cn1cc(-c2cc(S(N)(=O)=O)cc3c2OCC(=O)N3)c2cc[nH]c2c1=O. The normalized spacial score (nSPS) is 14.0. The molecule has 3 heterocycles. The summed E-state index contributed by atoms with van der Waals surface area (Å²) in [6.45, 7) is -0.198. The molecule has 134 valence electrons. The van der Waals surface area contributed by atoms with E-state index >= 15 is 0 Å². The quantitative estimate of drug-likeness (QED) is 0.600. The molecule has 4 N–H and O–H groups in total. The third-order valence-corrected chi connectivity index (χ3v) is 5.09. The first-order valence-corrected chi connectivity index (χ1v) is 9.11. The second-order valence-electron chi connectivity index (χ2n) is 5.95. The predicted molar refractivity (Wildman–Crippen MR) is 94.5 cm³/mol. The van der Waals surface area contributed by atoms with Crippen LogP contribution in [0.25, 0.3) is 22.0 Å². The second kappa shape index (κ2) is 5.44. The summed E-state index contributed by atoms with van der Waals surface area (Å²) in [5.74, 6) is -0.0829. The number of hydrogen-bond donors (Lipinski definition) is 3. The largest absolute Gasteiger partial charge is 0.481 e. The molecule has 9 nitrogen and oxygen atoms in total. The van der Waals surface area contributed by atoms with E-state index in [1.807, 2.05) is 0 Å². The monoisotopic (exact) mass is 374 g/mol. The van der Waals surface area contributed by atoms with Crippen LogP contribution in [0.1, 0.15) is 0 Å². The molecule has 1 aliphatic rings. The van der Waals surface area contributed by atoms with E-state index in [1.165, 1.54) is 16.7 Å². The molecule has 0 spiro atoms. The molecule has 10 heteroatoms. The first kappa shape index (κ1) is 16.4. The lowest BCUT2D eigenvalue weighted by Gasteiger charge is -2.22. The van der Waals surface area contributed by atoms with Gasteiger partial charge in [0.25, 0.3) is 11.5 Å². The van der Waals surface area contributed by atoms with Crippen LogP contribution in [0.4, 0.5) is 5.69 Å². The highest BCUT2D eigenvalue weighted by Gasteiger charge is 2.25. The van der Waals surface area contributed by atoms with Crippen molar-refractivity contribution in [1.29, 1.82) is 0 Å². The average Bonchev–Trinajstić information content (AvgIpc) is 3.06. The Morgan fingerprint density at radius 1 is 1.23 bits per heavy atom. The number of aromatic nitrogens is 2. The molecule has 26 heavy (non-hydrogen) atoms. The maximum Gasteiger partial charge on any atom is 0.274 e. The number of primary sulfonamides is 1. The van der Waals surface area contributed by atoms with Gasteiger partial charge in [0.05, 0.1) is 10.6 Å². The number of aryl methyl sites for hydroxylation is 1. The highest BCUT2D eigenvalue weighted by molar-refractivity contribution is 7.89. The van der Waals surface area contributed by atoms with Gasteiger partial charge in [0.2, 0.25) is 10.0 Å². The Balaban J connectivity index is 2.11. The van der Waals surface area contributed by atoms with E-state index in [9.17, 15) is 18.0 Å². The number of aromatic amines is 1. The van der Waals surface area contributed by atoms with Gasteiger partial charge in [-0.3, -0.25) is 9.59 Å². The number of nitrogens with zero attached hydrogens (tertiary/aromatic N) is 1. The average molecular weight is 374 g/mol. The summed E-state index contributed by atoms with van der Waals surface area (Å²) in [5, 5.41) is 8.47. The number of sulfonamides is 1. The third kappa shape index (κ3) is 2.47. The van der Waals surface area contributed by atoms with E-state index < -0.39 is 15.9 Å². The molecular formula is C16H14N4O5S. The molecular weight excluding hydrogens is 360 g/mol. The smallest absolute Gasteiger partial charge is 0.274 e. The maximum atomic E-state index is 12.3. The predicted octanol–water partition coefficient (Wildman–Crippen LogP) is 0.512. The fraction of sp³-hybridized carbons (Fsp3) is 0.125. The number of fused-ring (bicyclic) bond motifs is 2. The molecule has 1 aromatic carbocycles. The summed E-state index contributed by atoms with van der Waals surface area (Å²) < 4.78 is 30.7. The number of nitrogens with one attached hydrogen (secondary N) is 2. The molecule has 0 saturated carbocycles. The fourth-order valence-corrected chi connectivity index (χ4v) is 3.59. The van der Waals surface area contributed by atoms with Crippen molar-refractivity contribution in [1.82, 2.24) is 9.55 Å². The van der Waals surface area contributed by atoms with Crippen molar-refractivity contribution >= 4 is 32.5 Å². The van der Waals surface area contributed by atoms with Crippen molar-refractivity contribution in [2.45, 2.75) is 4.90 Å². The molecule has 2 aromatic heterocycles. The number of rotatable bonds is 2. The van der Waals surface area contributed by atoms with Crippen LogP contribution >= 0.6 is 0 Å². The number of hydrogen-bond acceptors (Lipinski definition) is 5. The van der Waals surface area contributed by atoms with Gasteiger partial charge in [-0.1, -0.05) is 0 Å². The van der Waals surface area contributed by atoms with Gasteiger partial charge in [0.15, 0.2) is 12.4 Å². The summed E-state index contributed by atoms with van der Waals surface area (Å²) in [5.41, 5.74) is 1.34. The minimum absolute atomic E-state index is 0.172. The number of anilines is 1. The summed E-state index contributed by atoms with van der Waals surface area (Å²) >= 11 is 0. The molecule has 0 radical (unpaired) electrons. The summed E-state index contributed by atoms with van der Waals surface area (Å²) in [7, 11) is -2.44. The molecule has 0 fully saturated rings. The van der Waals surface area contributed by atoms with Gasteiger partial charge in [-0.25, -0.2) is 13.6 Å². The highest BCUT2D eigenvalue weighted by Crippen LogP contribution is 2.42. The number of ether oxygens (including phenoxy) is 1. The first-order chi connectivity index (χ1) is 12.3. The molecule has 0 saturated heterocycles.